The molecule has 0 radical (unpaired) electrons. The third-order valence-electron chi connectivity index (χ3n) is 3.33. The zero-order valence-corrected chi connectivity index (χ0v) is 15.7. The molecular formula is C17H17BrClN3O. The second-order valence-corrected chi connectivity index (χ2v) is 7.79. The molecule has 2 heterocycles. The van der Waals surface area contributed by atoms with Crippen molar-refractivity contribution in [1.82, 2.24) is 9.97 Å². The standard InChI is InChI=1S/C17H17BrClN3O/c1-9-12(19)5-6-13-14(9)21-16(23-13)11-7-10(18)8-20-15(11)22-17(2,3)4/h5-8H,1-4H3,(H,20,22). The van der Waals surface area contributed by atoms with E-state index < -0.39 is 0 Å². The van der Waals surface area contributed by atoms with E-state index in [2.05, 4.69) is 52.0 Å². The minimum atomic E-state index is -0.124. The van der Waals surface area contributed by atoms with Crippen LogP contribution in [0.1, 0.15) is 26.3 Å². The van der Waals surface area contributed by atoms with Gasteiger partial charge in [0.05, 0.1) is 5.56 Å². The number of nitrogens with one attached hydrogen (secondary N) is 1. The summed E-state index contributed by atoms with van der Waals surface area (Å²) in [5.74, 6) is 1.25. The summed E-state index contributed by atoms with van der Waals surface area (Å²) in [7, 11) is 0. The molecule has 0 saturated carbocycles. The molecule has 3 aromatic rings. The van der Waals surface area contributed by atoms with Crippen LogP contribution in [0.2, 0.25) is 5.02 Å². The lowest BCUT2D eigenvalue weighted by atomic mass is 10.1. The second kappa shape index (κ2) is 5.80. The Hall–Kier alpha value is -1.59. The van der Waals surface area contributed by atoms with E-state index in [1.807, 2.05) is 25.1 Å². The Kier molecular flexibility index (Phi) is 4.10. The number of rotatable bonds is 2. The quantitative estimate of drug-likeness (QED) is 0.594. The molecule has 0 bridgehead atoms. The number of halogens is 2. The van der Waals surface area contributed by atoms with Crippen LogP contribution in [0.15, 0.2) is 33.3 Å². The van der Waals surface area contributed by atoms with E-state index in [-0.39, 0.29) is 5.54 Å². The zero-order chi connectivity index (χ0) is 16.8. The van der Waals surface area contributed by atoms with Gasteiger partial charge in [0, 0.05) is 21.2 Å². The monoisotopic (exact) mass is 393 g/mol. The van der Waals surface area contributed by atoms with Gasteiger partial charge in [-0.3, -0.25) is 0 Å². The van der Waals surface area contributed by atoms with Gasteiger partial charge in [0.25, 0.3) is 0 Å². The van der Waals surface area contributed by atoms with E-state index >= 15 is 0 Å². The zero-order valence-electron chi connectivity index (χ0n) is 13.4. The maximum Gasteiger partial charge on any atom is 0.231 e. The Balaban J connectivity index is 2.18. The number of pyridine rings is 1. The molecule has 4 nitrogen and oxygen atoms in total. The first-order valence-electron chi connectivity index (χ1n) is 7.24. The molecule has 0 amide bonds. The highest BCUT2D eigenvalue weighted by Crippen LogP contribution is 2.34. The number of nitrogens with zero attached hydrogens (tertiary/aromatic N) is 2. The molecule has 0 aliphatic rings. The number of anilines is 1. The van der Waals surface area contributed by atoms with E-state index in [1.165, 1.54) is 0 Å². The molecule has 120 valence electrons. The number of aryl methyl sites for hydroxylation is 1. The molecular weight excluding hydrogens is 378 g/mol. The Morgan fingerprint density at radius 2 is 2.00 bits per heavy atom. The lowest BCUT2D eigenvalue weighted by molar-refractivity contribution is 0.614. The highest BCUT2D eigenvalue weighted by atomic mass is 79.9. The fourth-order valence-electron chi connectivity index (χ4n) is 2.27. The molecule has 6 heteroatoms. The minimum absolute atomic E-state index is 0.124. The van der Waals surface area contributed by atoms with Crippen LogP contribution in [0, 0.1) is 6.92 Å². The number of benzene rings is 1. The number of oxazole rings is 1. The Morgan fingerprint density at radius 3 is 2.70 bits per heavy atom. The van der Waals surface area contributed by atoms with Crippen molar-refractivity contribution in [3.05, 3.63) is 39.5 Å². The van der Waals surface area contributed by atoms with Crippen LogP contribution in [0.5, 0.6) is 0 Å². The summed E-state index contributed by atoms with van der Waals surface area (Å²) < 4.78 is 6.79. The molecule has 0 spiro atoms. The highest BCUT2D eigenvalue weighted by molar-refractivity contribution is 9.10. The van der Waals surface area contributed by atoms with Crippen molar-refractivity contribution in [2.24, 2.45) is 0 Å². The topological polar surface area (TPSA) is 51.0 Å². The Labute approximate surface area is 148 Å². The van der Waals surface area contributed by atoms with Crippen molar-refractivity contribution in [3.63, 3.8) is 0 Å². The largest absolute Gasteiger partial charge is 0.436 e. The van der Waals surface area contributed by atoms with E-state index in [9.17, 15) is 0 Å². The molecule has 1 aromatic carbocycles. The summed E-state index contributed by atoms with van der Waals surface area (Å²) in [4.78, 5) is 9.09. The van der Waals surface area contributed by atoms with Crippen molar-refractivity contribution >= 4 is 44.4 Å². The SMILES string of the molecule is Cc1c(Cl)ccc2oc(-c3cc(Br)cnc3NC(C)(C)C)nc12. The molecule has 3 rings (SSSR count). The normalized spacial score (nSPS) is 11.9. The van der Waals surface area contributed by atoms with Crippen LogP contribution in [0.4, 0.5) is 5.82 Å². The summed E-state index contributed by atoms with van der Waals surface area (Å²) >= 11 is 9.64. The van der Waals surface area contributed by atoms with Gasteiger partial charge in [-0.25, -0.2) is 9.97 Å². The molecule has 0 unspecified atom stereocenters. The number of aromatic nitrogens is 2. The van der Waals surface area contributed by atoms with Gasteiger partial charge in [0.2, 0.25) is 5.89 Å². The van der Waals surface area contributed by atoms with E-state index in [4.69, 9.17) is 16.0 Å². The van der Waals surface area contributed by atoms with Crippen molar-refractivity contribution in [2.45, 2.75) is 33.2 Å². The fourth-order valence-corrected chi connectivity index (χ4v) is 2.76. The molecule has 23 heavy (non-hydrogen) atoms. The lowest BCUT2D eigenvalue weighted by Gasteiger charge is -2.22. The number of fused-ring (bicyclic) bond motifs is 1. The maximum atomic E-state index is 6.17. The first-order chi connectivity index (χ1) is 10.7. The van der Waals surface area contributed by atoms with Gasteiger partial charge in [-0.1, -0.05) is 11.6 Å². The van der Waals surface area contributed by atoms with E-state index in [0.717, 1.165) is 26.9 Å². The number of hydrogen-bond donors (Lipinski definition) is 1. The third-order valence-corrected chi connectivity index (χ3v) is 4.17. The molecule has 0 aliphatic heterocycles. The van der Waals surface area contributed by atoms with Crippen LogP contribution in [0.3, 0.4) is 0 Å². The predicted molar refractivity (Wildman–Crippen MR) is 98.1 cm³/mol. The first kappa shape index (κ1) is 16.3. The number of hydrogen-bond acceptors (Lipinski definition) is 4. The molecule has 1 N–H and O–H groups in total. The van der Waals surface area contributed by atoms with Gasteiger partial charge >= 0.3 is 0 Å². The third kappa shape index (κ3) is 3.35. The average molecular weight is 395 g/mol. The van der Waals surface area contributed by atoms with Gasteiger partial charge < -0.3 is 9.73 Å². The maximum absolute atomic E-state index is 6.17. The van der Waals surface area contributed by atoms with Crippen LogP contribution >= 0.6 is 27.5 Å². The summed E-state index contributed by atoms with van der Waals surface area (Å²) in [6.07, 6.45) is 1.75. The van der Waals surface area contributed by atoms with Gasteiger partial charge in [0.1, 0.15) is 11.3 Å². The van der Waals surface area contributed by atoms with Crippen molar-refractivity contribution < 1.29 is 4.42 Å². The highest BCUT2D eigenvalue weighted by Gasteiger charge is 2.19. The summed E-state index contributed by atoms with van der Waals surface area (Å²) in [5.41, 5.74) is 3.08. The molecule has 0 saturated heterocycles. The summed E-state index contributed by atoms with van der Waals surface area (Å²) in [5, 5.41) is 4.07. The fraction of sp³-hybridized carbons (Fsp3) is 0.294. The van der Waals surface area contributed by atoms with Crippen LogP contribution < -0.4 is 5.32 Å². The molecule has 0 atom stereocenters. The van der Waals surface area contributed by atoms with Crippen molar-refractivity contribution in [3.8, 4) is 11.5 Å². The van der Waals surface area contributed by atoms with Gasteiger partial charge in [-0.2, -0.15) is 0 Å². The molecule has 0 aliphatic carbocycles. The second-order valence-electron chi connectivity index (χ2n) is 6.46. The molecule has 0 fully saturated rings. The van der Waals surface area contributed by atoms with Gasteiger partial charge in [-0.05, 0) is 67.4 Å². The average Bonchev–Trinajstić information content (AvgIpc) is 2.88. The lowest BCUT2D eigenvalue weighted by Crippen LogP contribution is -2.27. The minimum Gasteiger partial charge on any atom is -0.436 e. The summed E-state index contributed by atoms with van der Waals surface area (Å²) in [6, 6.07) is 5.60. The first-order valence-corrected chi connectivity index (χ1v) is 8.41. The molecule has 2 aromatic heterocycles. The smallest absolute Gasteiger partial charge is 0.231 e. The van der Waals surface area contributed by atoms with Crippen molar-refractivity contribution in [2.75, 3.05) is 5.32 Å². The van der Waals surface area contributed by atoms with E-state index in [1.54, 1.807) is 6.20 Å². The van der Waals surface area contributed by atoms with Crippen LogP contribution in [-0.2, 0) is 0 Å². The van der Waals surface area contributed by atoms with Crippen molar-refractivity contribution in [1.29, 1.82) is 0 Å². The summed E-state index contributed by atoms with van der Waals surface area (Å²) in [6.45, 7) is 8.17. The Morgan fingerprint density at radius 1 is 1.26 bits per heavy atom. The van der Waals surface area contributed by atoms with Crippen LogP contribution in [-0.4, -0.2) is 15.5 Å². The Bertz CT molecular complexity index is 883. The predicted octanol–water partition coefficient (Wildman–Crippen LogP) is 5.82. The van der Waals surface area contributed by atoms with E-state index in [0.29, 0.717) is 16.5 Å². The van der Waals surface area contributed by atoms with Gasteiger partial charge in [0.15, 0.2) is 5.58 Å². The van der Waals surface area contributed by atoms with Gasteiger partial charge in [-0.15, -0.1) is 0 Å². The van der Waals surface area contributed by atoms with Crippen LogP contribution in [0.25, 0.3) is 22.6 Å².